The summed E-state index contributed by atoms with van der Waals surface area (Å²) >= 11 is 5.60. The number of aliphatic imine (C=N–C) groups is 1. The van der Waals surface area contributed by atoms with Gasteiger partial charge in [-0.2, -0.15) is 0 Å². The molecule has 0 aliphatic carbocycles. The maximum atomic E-state index is 11.7. The van der Waals surface area contributed by atoms with Crippen molar-refractivity contribution in [1.82, 2.24) is 5.32 Å². The average Bonchev–Trinajstić information content (AvgIpc) is 2.15. The maximum absolute atomic E-state index is 11.7. The van der Waals surface area contributed by atoms with Gasteiger partial charge in [-0.15, -0.1) is 0 Å². The lowest BCUT2D eigenvalue weighted by atomic mass is 9.92. The number of nitrogens with zero attached hydrogens (tertiary/aromatic N) is 1. The second kappa shape index (κ2) is 5.45. The highest BCUT2D eigenvalue weighted by molar-refractivity contribution is 6.67. The Balaban J connectivity index is 2.51. The van der Waals surface area contributed by atoms with E-state index in [9.17, 15) is 9.59 Å². The molecule has 0 unspecified atom stereocenters. The molecule has 0 radical (unpaired) electrons. The van der Waals surface area contributed by atoms with Crippen molar-refractivity contribution in [2.75, 3.05) is 6.54 Å². The van der Waals surface area contributed by atoms with E-state index in [0.29, 0.717) is 6.54 Å². The Morgan fingerprint density at radius 2 is 2.18 bits per heavy atom. The lowest BCUT2D eigenvalue weighted by Gasteiger charge is -2.18. The van der Waals surface area contributed by atoms with Gasteiger partial charge in [0.05, 0.1) is 6.42 Å². The SMILES string of the molecule is CC(C)(C)CCNC(=O)C1=CN=C(Cl)CC1=O. The van der Waals surface area contributed by atoms with E-state index in [1.54, 1.807) is 0 Å². The van der Waals surface area contributed by atoms with Crippen LogP contribution in [-0.2, 0) is 9.59 Å². The van der Waals surface area contributed by atoms with Crippen LogP contribution in [0.15, 0.2) is 16.8 Å². The predicted molar refractivity (Wildman–Crippen MR) is 68.1 cm³/mol. The van der Waals surface area contributed by atoms with Crippen LogP contribution in [0, 0.1) is 5.41 Å². The van der Waals surface area contributed by atoms with Crippen molar-refractivity contribution in [2.24, 2.45) is 10.4 Å². The van der Waals surface area contributed by atoms with Gasteiger partial charge in [-0.1, -0.05) is 32.4 Å². The third-order valence-electron chi connectivity index (χ3n) is 2.35. The van der Waals surface area contributed by atoms with Crippen LogP contribution in [0.4, 0.5) is 0 Å². The number of carbonyl (C=O) groups excluding carboxylic acids is 2. The molecular formula is C12H17ClN2O2. The van der Waals surface area contributed by atoms with Crippen molar-refractivity contribution in [3.8, 4) is 0 Å². The van der Waals surface area contributed by atoms with Crippen LogP contribution in [0.2, 0.25) is 0 Å². The number of nitrogens with one attached hydrogen (secondary N) is 1. The summed E-state index contributed by atoms with van der Waals surface area (Å²) in [6.45, 7) is 6.82. The summed E-state index contributed by atoms with van der Waals surface area (Å²) in [5, 5.41) is 2.94. The summed E-state index contributed by atoms with van der Waals surface area (Å²) in [6, 6.07) is 0. The maximum Gasteiger partial charge on any atom is 0.256 e. The molecule has 1 aliphatic heterocycles. The smallest absolute Gasteiger partial charge is 0.256 e. The Hall–Kier alpha value is -1.16. The molecule has 0 saturated heterocycles. The van der Waals surface area contributed by atoms with Crippen molar-refractivity contribution in [2.45, 2.75) is 33.6 Å². The Bertz CT molecular complexity index is 392. The second-order valence-corrected chi connectivity index (χ2v) is 5.65. The average molecular weight is 257 g/mol. The quantitative estimate of drug-likeness (QED) is 0.786. The van der Waals surface area contributed by atoms with Crippen molar-refractivity contribution in [3.05, 3.63) is 11.8 Å². The van der Waals surface area contributed by atoms with Gasteiger partial charge in [-0.25, -0.2) is 4.99 Å². The predicted octanol–water partition coefficient (Wildman–Crippen LogP) is 2.03. The standard InChI is InChI=1S/C12H17ClN2O2/c1-12(2,3)4-5-14-11(17)8-7-15-10(13)6-9(8)16/h7H,4-6H2,1-3H3,(H,14,17). The number of carbonyl (C=O) groups is 2. The number of rotatable bonds is 3. The van der Waals surface area contributed by atoms with Gasteiger partial charge in [-0.05, 0) is 11.8 Å². The van der Waals surface area contributed by atoms with Gasteiger partial charge in [0.1, 0.15) is 10.7 Å². The molecule has 1 aliphatic rings. The summed E-state index contributed by atoms with van der Waals surface area (Å²) in [4.78, 5) is 27.0. The molecule has 0 fully saturated rings. The van der Waals surface area contributed by atoms with Gasteiger partial charge in [-0.3, -0.25) is 9.59 Å². The highest BCUT2D eigenvalue weighted by Crippen LogP contribution is 2.17. The van der Waals surface area contributed by atoms with Gasteiger partial charge in [0.25, 0.3) is 5.91 Å². The molecular weight excluding hydrogens is 240 g/mol. The minimum absolute atomic E-state index is 0.0140. The zero-order valence-electron chi connectivity index (χ0n) is 10.3. The molecule has 0 spiro atoms. The summed E-state index contributed by atoms with van der Waals surface area (Å²) in [7, 11) is 0. The van der Waals surface area contributed by atoms with Crippen LogP contribution < -0.4 is 5.32 Å². The number of hydrogen-bond acceptors (Lipinski definition) is 3. The van der Waals surface area contributed by atoms with E-state index in [2.05, 4.69) is 31.1 Å². The van der Waals surface area contributed by atoms with Crippen LogP contribution in [0.3, 0.4) is 0 Å². The number of halogens is 1. The lowest BCUT2D eigenvalue weighted by Crippen LogP contribution is -2.32. The molecule has 0 atom stereocenters. The van der Waals surface area contributed by atoms with E-state index in [4.69, 9.17) is 11.6 Å². The molecule has 1 N–H and O–H groups in total. The molecule has 0 aromatic rings. The summed E-state index contributed by atoms with van der Waals surface area (Å²) in [5.41, 5.74) is 0.239. The largest absolute Gasteiger partial charge is 0.352 e. The topological polar surface area (TPSA) is 58.5 Å². The fourth-order valence-corrected chi connectivity index (χ4v) is 1.48. The first kappa shape index (κ1) is 13.9. The Labute approximate surface area is 106 Å². The Morgan fingerprint density at radius 1 is 1.53 bits per heavy atom. The van der Waals surface area contributed by atoms with E-state index < -0.39 is 0 Å². The van der Waals surface area contributed by atoms with Crippen molar-refractivity contribution in [1.29, 1.82) is 0 Å². The zero-order chi connectivity index (χ0) is 13.1. The molecule has 1 rings (SSSR count). The normalized spacial score (nSPS) is 16.4. The van der Waals surface area contributed by atoms with E-state index in [1.165, 1.54) is 6.20 Å². The number of ketones is 1. The molecule has 1 heterocycles. The Morgan fingerprint density at radius 3 is 2.71 bits per heavy atom. The van der Waals surface area contributed by atoms with Crippen molar-refractivity contribution < 1.29 is 9.59 Å². The lowest BCUT2D eigenvalue weighted by molar-refractivity contribution is -0.122. The molecule has 4 nitrogen and oxygen atoms in total. The van der Waals surface area contributed by atoms with Crippen LogP contribution >= 0.6 is 11.6 Å². The minimum atomic E-state index is -0.368. The second-order valence-electron chi connectivity index (χ2n) is 5.21. The molecule has 94 valence electrons. The molecule has 17 heavy (non-hydrogen) atoms. The van der Waals surface area contributed by atoms with E-state index in [0.717, 1.165) is 6.42 Å². The summed E-state index contributed by atoms with van der Waals surface area (Å²) < 4.78 is 0. The van der Waals surface area contributed by atoms with Gasteiger partial charge in [0.2, 0.25) is 0 Å². The van der Waals surface area contributed by atoms with Gasteiger partial charge >= 0.3 is 0 Å². The highest BCUT2D eigenvalue weighted by atomic mass is 35.5. The third-order valence-corrected chi connectivity index (χ3v) is 2.58. The minimum Gasteiger partial charge on any atom is -0.352 e. The fourth-order valence-electron chi connectivity index (χ4n) is 1.31. The molecule has 1 amide bonds. The summed E-state index contributed by atoms with van der Waals surface area (Å²) in [5.74, 6) is -0.648. The van der Waals surface area contributed by atoms with Crippen molar-refractivity contribution in [3.63, 3.8) is 0 Å². The summed E-state index contributed by atoms with van der Waals surface area (Å²) in [6.07, 6.45) is 2.10. The molecule has 0 saturated carbocycles. The van der Waals surface area contributed by atoms with Gasteiger partial charge in [0.15, 0.2) is 5.78 Å². The zero-order valence-corrected chi connectivity index (χ0v) is 11.1. The van der Waals surface area contributed by atoms with E-state index in [1.807, 2.05) is 0 Å². The first-order valence-corrected chi connectivity index (χ1v) is 5.91. The third kappa shape index (κ3) is 4.69. The van der Waals surface area contributed by atoms with Crippen LogP contribution in [-0.4, -0.2) is 23.4 Å². The monoisotopic (exact) mass is 256 g/mol. The van der Waals surface area contributed by atoms with E-state index in [-0.39, 0.29) is 34.3 Å². The first-order chi connectivity index (χ1) is 7.79. The van der Waals surface area contributed by atoms with Crippen molar-refractivity contribution >= 4 is 28.5 Å². The van der Waals surface area contributed by atoms with Crippen LogP contribution in [0.5, 0.6) is 0 Å². The number of hydrogen-bond donors (Lipinski definition) is 1. The van der Waals surface area contributed by atoms with Gasteiger partial charge < -0.3 is 5.32 Å². The first-order valence-electron chi connectivity index (χ1n) is 5.53. The molecule has 0 bridgehead atoms. The Kier molecular flexibility index (Phi) is 4.46. The number of Topliss-reactive ketones (excluding diaryl/α,β-unsaturated/α-hetero) is 1. The molecule has 0 aromatic heterocycles. The number of amides is 1. The van der Waals surface area contributed by atoms with E-state index >= 15 is 0 Å². The van der Waals surface area contributed by atoms with Gasteiger partial charge in [0, 0.05) is 12.7 Å². The van der Waals surface area contributed by atoms with Crippen LogP contribution in [0.25, 0.3) is 0 Å². The van der Waals surface area contributed by atoms with Crippen LogP contribution in [0.1, 0.15) is 33.6 Å². The highest BCUT2D eigenvalue weighted by Gasteiger charge is 2.22. The molecule has 5 heteroatoms. The fraction of sp³-hybridized carbons (Fsp3) is 0.583. The molecule has 0 aromatic carbocycles.